The van der Waals surface area contributed by atoms with E-state index in [9.17, 15) is 14.4 Å². The number of amides is 3. The molecule has 1 saturated carbocycles. The summed E-state index contributed by atoms with van der Waals surface area (Å²) in [7, 11) is 0. The third-order valence-corrected chi connectivity index (χ3v) is 6.23. The van der Waals surface area contributed by atoms with Crippen LogP contribution in [0.1, 0.15) is 90.3 Å². The zero-order valence-corrected chi connectivity index (χ0v) is 23.0. The molecule has 0 spiro atoms. The van der Waals surface area contributed by atoms with Gasteiger partial charge in [0.15, 0.2) is 0 Å². The minimum atomic E-state index is -0.977. The summed E-state index contributed by atoms with van der Waals surface area (Å²) in [6.07, 6.45) is 12.1. The molecule has 0 aliphatic heterocycles. The smallest absolute Gasteiger partial charge is 0.408 e. The lowest BCUT2D eigenvalue weighted by atomic mass is 9.93. The molecule has 2 atom stereocenters. The van der Waals surface area contributed by atoms with Gasteiger partial charge in [-0.3, -0.25) is 9.59 Å². The van der Waals surface area contributed by atoms with Crippen molar-refractivity contribution in [2.45, 2.75) is 96.9 Å². The van der Waals surface area contributed by atoms with Crippen molar-refractivity contribution in [3.63, 3.8) is 0 Å². The van der Waals surface area contributed by atoms with E-state index in [0.29, 0.717) is 17.5 Å². The largest absolute Gasteiger partial charge is 0.444 e. The van der Waals surface area contributed by atoms with Gasteiger partial charge in [0.2, 0.25) is 11.8 Å². The molecule has 0 bridgehead atoms. The Bertz CT molecular complexity index is 983. The van der Waals surface area contributed by atoms with Gasteiger partial charge in [-0.2, -0.15) is 0 Å². The molecule has 2 N–H and O–H groups in total. The Morgan fingerprint density at radius 3 is 2.41 bits per heavy atom. The molecule has 3 amide bonds. The van der Waals surface area contributed by atoms with Gasteiger partial charge in [0.05, 0.1) is 0 Å². The summed E-state index contributed by atoms with van der Waals surface area (Å²) in [4.78, 5) is 42.0. The molecule has 0 radical (unpaired) electrons. The Morgan fingerprint density at radius 2 is 1.84 bits per heavy atom. The second-order valence-corrected chi connectivity index (χ2v) is 11.1. The van der Waals surface area contributed by atoms with Crippen molar-refractivity contribution < 1.29 is 19.1 Å². The van der Waals surface area contributed by atoms with Gasteiger partial charge in [-0.05, 0) is 57.6 Å². The van der Waals surface area contributed by atoms with Crippen LogP contribution in [0.2, 0.25) is 0 Å². The van der Waals surface area contributed by atoms with E-state index < -0.39 is 29.7 Å². The Hall–Kier alpha value is -3.27. The molecule has 2 unspecified atom stereocenters. The summed E-state index contributed by atoms with van der Waals surface area (Å²) in [5.74, 6) is 2.08. The molecule has 2 rings (SSSR count). The van der Waals surface area contributed by atoms with E-state index in [1.807, 2.05) is 13.8 Å². The highest BCUT2D eigenvalue weighted by molar-refractivity contribution is 5.92. The van der Waals surface area contributed by atoms with Gasteiger partial charge in [0.25, 0.3) is 0 Å². The van der Waals surface area contributed by atoms with Crippen LogP contribution in [0.4, 0.5) is 4.79 Å². The third kappa shape index (κ3) is 9.27. The highest BCUT2D eigenvalue weighted by atomic mass is 16.6. The normalized spacial score (nSPS) is 15.7. The Morgan fingerprint density at radius 1 is 1.19 bits per heavy atom. The Kier molecular flexibility index (Phi) is 11.2. The van der Waals surface area contributed by atoms with Gasteiger partial charge < -0.3 is 20.3 Å². The Labute approximate surface area is 222 Å². The number of carbonyl (C=O) groups is 3. The number of carbonyl (C=O) groups excluding carboxylic acids is 3. The average Bonchev–Trinajstić information content (AvgIpc) is 2.82. The second kappa shape index (κ2) is 13.9. The van der Waals surface area contributed by atoms with Gasteiger partial charge in [0, 0.05) is 18.2 Å². The summed E-state index contributed by atoms with van der Waals surface area (Å²) in [5.41, 5.74) is 0.382. The predicted molar refractivity (Wildman–Crippen MR) is 147 cm³/mol. The van der Waals surface area contributed by atoms with Crippen LogP contribution in [0, 0.1) is 18.3 Å². The van der Waals surface area contributed by atoms with E-state index in [1.54, 1.807) is 51.1 Å². The van der Waals surface area contributed by atoms with E-state index in [0.717, 1.165) is 32.1 Å². The first-order valence-electron chi connectivity index (χ1n) is 13.2. The van der Waals surface area contributed by atoms with Crippen molar-refractivity contribution in [2.75, 3.05) is 6.54 Å². The third-order valence-electron chi connectivity index (χ3n) is 6.23. The van der Waals surface area contributed by atoms with Crippen molar-refractivity contribution in [1.29, 1.82) is 0 Å². The number of benzene rings is 1. The van der Waals surface area contributed by atoms with Gasteiger partial charge in [-0.15, -0.1) is 13.0 Å². The minimum absolute atomic E-state index is 0.0498. The fourth-order valence-electron chi connectivity index (χ4n) is 4.65. The number of terminal acetylenes is 1. The maximum absolute atomic E-state index is 14.1. The molecule has 1 aromatic carbocycles. The molecule has 7 heteroatoms. The van der Waals surface area contributed by atoms with Crippen molar-refractivity contribution in [1.82, 2.24) is 15.5 Å². The standard InChI is InChI=1S/C30H43N3O4/c1-8-19-33(28(35)25(20-21(3)4)32-29(36)37-30(5,6)7)26(24-18-14-13-15-22(24)9-2)27(34)31-23-16-11-10-12-17-23/h2,8,13-15,18,21,23,25-26H,1,10-12,16-17,19-20H2,3-7H3,(H,31,34)(H,32,36). The quantitative estimate of drug-likeness (QED) is 0.339. The molecule has 0 saturated heterocycles. The summed E-state index contributed by atoms with van der Waals surface area (Å²) in [5, 5.41) is 5.91. The number of hydrogen-bond acceptors (Lipinski definition) is 4. The number of hydrogen-bond donors (Lipinski definition) is 2. The number of nitrogens with zero attached hydrogens (tertiary/aromatic N) is 1. The monoisotopic (exact) mass is 509 g/mol. The summed E-state index contributed by atoms with van der Waals surface area (Å²) < 4.78 is 5.42. The zero-order chi connectivity index (χ0) is 27.6. The molecule has 1 aliphatic carbocycles. The number of rotatable bonds is 10. The van der Waals surface area contributed by atoms with E-state index in [-0.39, 0.29) is 24.4 Å². The van der Waals surface area contributed by atoms with Crippen LogP contribution in [0.3, 0.4) is 0 Å². The maximum Gasteiger partial charge on any atom is 0.408 e. The van der Waals surface area contributed by atoms with Gasteiger partial charge in [-0.1, -0.05) is 63.3 Å². The van der Waals surface area contributed by atoms with Gasteiger partial charge >= 0.3 is 6.09 Å². The molecule has 0 aromatic heterocycles. The summed E-state index contributed by atoms with van der Waals surface area (Å²) in [6.45, 7) is 13.2. The molecule has 202 valence electrons. The molecule has 7 nitrogen and oxygen atoms in total. The lowest BCUT2D eigenvalue weighted by Crippen LogP contribution is -2.54. The van der Waals surface area contributed by atoms with Gasteiger partial charge in [-0.25, -0.2) is 4.79 Å². The molecule has 1 aliphatic rings. The lowest BCUT2D eigenvalue weighted by molar-refractivity contribution is -0.142. The molecule has 1 aromatic rings. The van der Waals surface area contributed by atoms with Crippen LogP contribution in [-0.4, -0.2) is 47.0 Å². The van der Waals surface area contributed by atoms with Gasteiger partial charge in [0.1, 0.15) is 17.7 Å². The highest BCUT2D eigenvalue weighted by Crippen LogP contribution is 2.28. The van der Waals surface area contributed by atoms with Crippen LogP contribution in [0.25, 0.3) is 0 Å². The first kappa shape index (κ1) is 30.0. The zero-order valence-electron chi connectivity index (χ0n) is 23.0. The topological polar surface area (TPSA) is 87.7 Å². The average molecular weight is 510 g/mol. The van der Waals surface area contributed by atoms with Crippen molar-refractivity contribution in [3.05, 3.63) is 48.0 Å². The molecule has 0 heterocycles. The van der Waals surface area contributed by atoms with Crippen molar-refractivity contribution >= 4 is 17.9 Å². The highest BCUT2D eigenvalue weighted by Gasteiger charge is 2.37. The number of ether oxygens (including phenoxy) is 1. The Balaban J connectivity index is 2.49. The lowest BCUT2D eigenvalue weighted by Gasteiger charge is -2.35. The van der Waals surface area contributed by atoms with Crippen LogP contribution < -0.4 is 10.6 Å². The molecule has 1 fully saturated rings. The minimum Gasteiger partial charge on any atom is -0.444 e. The van der Waals surface area contributed by atoms with Crippen LogP contribution in [0.5, 0.6) is 0 Å². The molecule has 37 heavy (non-hydrogen) atoms. The predicted octanol–water partition coefficient (Wildman–Crippen LogP) is 5.11. The van der Waals surface area contributed by atoms with E-state index in [1.165, 1.54) is 4.90 Å². The SMILES string of the molecule is C#Cc1ccccc1C(C(=O)NC1CCCCC1)N(CC=C)C(=O)C(CC(C)C)NC(=O)OC(C)(C)C. The van der Waals surface area contributed by atoms with E-state index in [2.05, 4.69) is 23.1 Å². The van der Waals surface area contributed by atoms with Crippen LogP contribution in [-0.2, 0) is 14.3 Å². The second-order valence-electron chi connectivity index (χ2n) is 11.1. The fourth-order valence-corrected chi connectivity index (χ4v) is 4.65. The summed E-state index contributed by atoms with van der Waals surface area (Å²) >= 11 is 0. The first-order chi connectivity index (χ1) is 17.5. The fraction of sp³-hybridized carbons (Fsp3) is 0.567. The van der Waals surface area contributed by atoms with Crippen molar-refractivity contribution in [2.24, 2.45) is 5.92 Å². The summed E-state index contributed by atoms with van der Waals surface area (Å²) in [6, 6.07) is 5.33. The maximum atomic E-state index is 14.1. The van der Waals surface area contributed by atoms with E-state index in [4.69, 9.17) is 11.2 Å². The van der Waals surface area contributed by atoms with Crippen LogP contribution in [0.15, 0.2) is 36.9 Å². The van der Waals surface area contributed by atoms with Crippen LogP contribution >= 0.6 is 0 Å². The number of nitrogens with one attached hydrogen (secondary N) is 2. The molecular weight excluding hydrogens is 466 g/mol. The number of alkyl carbamates (subject to hydrolysis) is 1. The molecular formula is C30H43N3O4. The van der Waals surface area contributed by atoms with Crippen molar-refractivity contribution in [3.8, 4) is 12.3 Å². The first-order valence-corrected chi connectivity index (χ1v) is 13.2. The van der Waals surface area contributed by atoms with E-state index >= 15 is 0 Å².